The quantitative estimate of drug-likeness (QED) is 0.790. The van der Waals surface area contributed by atoms with E-state index in [-0.39, 0.29) is 12.0 Å². The summed E-state index contributed by atoms with van der Waals surface area (Å²) in [4.78, 5) is 11.8. The summed E-state index contributed by atoms with van der Waals surface area (Å²) < 4.78 is 5.76. The maximum Gasteiger partial charge on any atom is 0.265 e. The van der Waals surface area contributed by atoms with E-state index in [1.807, 2.05) is 13.0 Å². The van der Waals surface area contributed by atoms with Crippen LogP contribution in [0.2, 0.25) is 0 Å². The Balaban J connectivity index is 2.25. The molecule has 17 heavy (non-hydrogen) atoms. The van der Waals surface area contributed by atoms with E-state index >= 15 is 0 Å². The summed E-state index contributed by atoms with van der Waals surface area (Å²) in [5, 5.41) is 2.86. The Bertz CT molecular complexity index is 443. The number of amides is 1. The molecule has 1 unspecified atom stereocenters. The number of benzene rings is 1. The lowest BCUT2D eigenvalue weighted by atomic mass is 10.1. The van der Waals surface area contributed by atoms with E-state index in [9.17, 15) is 4.79 Å². The van der Waals surface area contributed by atoms with Crippen LogP contribution in [0.15, 0.2) is 12.1 Å². The number of hydrogen-bond donors (Lipinski definition) is 2. The van der Waals surface area contributed by atoms with Crippen LogP contribution in [0.3, 0.4) is 0 Å². The Labute approximate surface area is 101 Å². The Morgan fingerprint density at radius 2 is 2.24 bits per heavy atom. The van der Waals surface area contributed by atoms with Gasteiger partial charge in [-0.2, -0.15) is 0 Å². The summed E-state index contributed by atoms with van der Waals surface area (Å²) in [6, 6.07) is 3.59. The first kappa shape index (κ1) is 11.8. The minimum absolute atomic E-state index is 0.0732. The number of unbranched alkanes of at least 4 members (excludes halogenated alkanes) is 1. The number of ether oxygens (including phenoxy) is 1. The van der Waals surface area contributed by atoms with Crippen LogP contribution in [0.4, 0.5) is 11.4 Å². The number of carbonyl (C=O) groups is 1. The molecule has 92 valence electrons. The van der Waals surface area contributed by atoms with Crippen LogP contribution in [0, 0.1) is 6.92 Å². The predicted octanol–water partition coefficient (Wildman–Crippen LogP) is 2.47. The third-order valence-corrected chi connectivity index (χ3v) is 2.93. The second kappa shape index (κ2) is 4.65. The highest BCUT2D eigenvalue weighted by Crippen LogP contribution is 2.35. The van der Waals surface area contributed by atoms with E-state index in [1.54, 1.807) is 6.07 Å². The van der Waals surface area contributed by atoms with Crippen LogP contribution in [0.1, 0.15) is 31.7 Å². The van der Waals surface area contributed by atoms with Gasteiger partial charge in [0.25, 0.3) is 5.91 Å². The molecule has 1 aromatic carbocycles. The molecule has 1 atom stereocenters. The van der Waals surface area contributed by atoms with Gasteiger partial charge in [0.05, 0.1) is 5.69 Å². The van der Waals surface area contributed by atoms with Crippen LogP contribution in [0.5, 0.6) is 5.75 Å². The first-order chi connectivity index (χ1) is 8.11. The molecule has 2 rings (SSSR count). The molecule has 1 amide bonds. The van der Waals surface area contributed by atoms with Gasteiger partial charge in [0, 0.05) is 5.69 Å². The standard InChI is InChI=1S/C13H18N2O2/c1-3-4-5-11-13(16)15-10-7-9(14)6-8(2)12(10)17-11/h6-7,11H,3-5,14H2,1-2H3,(H,15,16). The molecule has 0 radical (unpaired) electrons. The summed E-state index contributed by atoms with van der Waals surface area (Å²) in [6.07, 6.45) is 2.43. The lowest BCUT2D eigenvalue weighted by molar-refractivity contribution is -0.123. The highest BCUT2D eigenvalue weighted by atomic mass is 16.5. The molecular weight excluding hydrogens is 216 g/mol. The third-order valence-electron chi connectivity index (χ3n) is 2.93. The van der Waals surface area contributed by atoms with Crippen molar-refractivity contribution < 1.29 is 9.53 Å². The molecule has 3 N–H and O–H groups in total. The zero-order valence-electron chi connectivity index (χ0n) is 10.2. The topological polar surface area (TPSA) is 64.3 Å². The summed E-state index contributed by atoms with van der Waals surface area (Å²) in [6.45, 7) is 4.03. The number of nitrogens with two attached hydrogens (primary N) is 1. The van der Waals surface area contributed by atoms with Crippen molar-refractivity contribution in [1.82, 2.24) is 0 Å². The monoisotopic (exact) mass is 234 g/mol. The maximum atomic E-state index is 11.8. The first-order valence-corrected chi connectivity index (χ1v) is 5.99. The van der Waals surface area contributed by atoms with Gasteiger partial charge in [-0.3, -0.25) is 4.79 Å². The number of fused-ring (bicyclic) bond motifs is 1. The van der Waals surface area contributed by atoms with Crippen molar-refractivity contribution in [1.29, 1.82) is 0 Å². The van der Waals surface area contributed by atoms with Crippen molar-refractivity contribution in [2.45, 2.75) is 39.2 Å². The molecule has 0 bridgehead atoms. The molecule has 1 heterocycles. The summed E-state index contributed by atoms with van der Waals surface area (Å²) in [5.41, 5.74) is 8.01. The van der Waals surface area contributed by atoms with E-state index in [1.165, 1.54) is 0 Å². The minimum atomic E-state index is -0.371. The summed E-state index contributed by atoms with van der Waals surface area (Å²) >= 11 is 0. The van der Waals surface area contributed by atoms with Gasteiger partial charge < -0.3 is 15.8 Å². The minimum Gasteiger partial charge on any atom is -0.478 e. The fourth-order valence-corrected chi connectivity index (χ4v) is 2.04. The highest BCUT2D eigenvalue weighted by Gasteiger charge is 2.28. The highest BCUT2D eigenvalue weighted by molar-refractivity contribution is 5.98. The molecular formula is C13H18N2O2. The molecule has 0 saturated heterocycles. The molecule has 1 aromatic rings. The van der Waals surface area contributed by atoms with Crippen molar-refractivity contribution in [3.63, 3.8) is 0 Å². The van der Waals surface area contributed by atoms with E-state index in [0.29, 0.717) is 11.4 Å². The molecule has 1 aliphatic rings. The zero-order valence-corrected chi connectivity index (χ0v) is 10.2. The smallest absolute Gasteiger partial charge is 0.265 e. The van der Waals surface area contributed by atoms with Crippen LogP contribution in [-0.2, 0) is 4.79 Å². The maximum absolute atomic E-state index is 11.8. The fourth-order valence-electron chi connectivity index (χ4n) is 2.04. The zero-order chi connectivity index (χ0) is 12.4. The van der Waals surface area contributed by atoms with Gasteiger partial charge in [-0.15, -0.1) is 0 Å². The first-order valence-electron chi connectivity index (χ1n) is 5.99. The Hall–Kier alpha value is -1.71. The number of hydrogen-bond acceptors (Lipinski definition) is 3. The number of nitrogen functional groups attached to an aromatic ring is 1. The van der Waals surface area contributed by atoms with Gasteiger partial charge >= 0.3 is 0 Å². The Morgan fingerprint density at radius 3 is 2.94 bits per heavy atom. The second-order valence-corrected chi connectivity index (χ2v) is 4.45. The molecule has 0 spiro atoms. The fraction of sp³-hybridized carbons (Fsp3) is 0.462. The average Bonchev–Trinajstić information content (AvgIpc) is 2.26. The Kier molecular flexibility index (Phi) is 3.22. The van der Waals surface area contributed by atoms with Gasteiger partial charge in [0.15, 0.2) is 6.10 Å². The van der Waals surface area contributed by atoms with Crippen molar-refractivity contribution in [2.75, 3.05) is 11.1 Å². The number of anilines is 2. The van der Waals surface area contributed by atoms with Crippen LogP contribution in [-0.4, -0.2) is 12.0 Å². The van der Waals surface area contributed by atoms with E-state index < -0.39 is 0 Å². The van der Waals surface area contributed by atoms with Crippen molar-refractivity contribution >= 4 is 17.3 Å². The van der Waals surface area contributed by atoms with Gasteiger partial charge in [0.1, 0.15) is 5.75 Å². The van der Waals surface area contributed by atoms with E-state index in [2.05, 4.69) is 12.2 Å². The Morgan fingerprint density at radius 1 is 1.47 bits per heavy atom. The third kappa shape index (κ3) is 2.35. The molecule has 4 heteroatoms. The van der Waals surface area contributed by atoms with Gasteiger partial charge in [-0.25, -0.2) is 0 Å². The van der Waals surface area contributed by atoms with Crippen LogP contribution in [0.25, 0.3) is 0 Å². The summed E-state index contributed by atoms with van der Waals surface area (Å²) in [7, 11) is 0. The molecule has 0 saturated carbocycles. The van der Waals surface area contributed by atoms with Gasteiger partial charge in [-0.05, 0) is 37.5 Å². The lowest BCUT2D eigenvalue weighted by Gasteiger charge is -2.27. The van der Waals surface area contributed by atoms with Crippen molar-refractivity contribution in [3.8, 4) is 5.75 Å². The average molecular weight is 234 g/mol. The normalized spacial score (nSPS) is 18.2. The largest absolute Gasteiger partial charge is 0.478 e. The SMILES string of the molecule is CCCCC1Oc2c(C)cc(N)cc2NC1=O. The van der Waals surface area contributed by atoms with Gasteiger partial charge in [0.2, 0.25) is 0 Å². The molecule has 4 nitrogen and oxygen atoms in total. The van der Waals surface area contributed by atoms with Crippen molar-refractivity contribution in [3.05, 3.63) is 17.7 Å². The van der Waals surface area contributed by atoms with E-state index in [4.69, 9.17) is 10.5 Å². The lowest BCUT2D eigenvalue weighted by Crippen LogP contribution is -2.37. The van der Waals surface area contributed by atoms with Crippen LogP contribution < -0.4 is 15.8 Å². The number of nitrogens with one attached hydrogen (secondary N) is 1. The van der Waals surface area contributed by atoms with Crippen LogP contribution >= 0.6 is 0 Å². The molecule has 0 aromatic heterocycles. The van der Waals surface area contributed by atoms with Crippen molar-refractivity contribution in [2.24, 2.45) is 0 Å². The number of aryl methyl sites for hydroxylation is 1. The molecule has 0 fully saturated rings. The second-order valence-electron chi connectivity index (χ2n) is 4.45. The number of carbonyl (C=O) groups excluding carboxylic acids is 1. The predicted molar refractivity (Wildman–Crippen MR) is 68.2 cm³/mol. The molecule has 1 aliphatic heterocycles. The van der Waals surface area contributed by atoms with Gasteiger partial charge in [-0.1, -0.05) is 13.3 Å². The molecule has 0 aliphatic carbocycles. The summed E-state index contributed by atoms with van der Waals surface area (Å²) in [5.74, 6) is 0.677. The van der Waals surface area contributed by atoms with E-state index in [0.717, 1.165) is 30.6 Å². The number of rotatable bonds is 3.